The molecule has 2 rings (SSSR count). The van der Waals surface area contributed by atoms with Crippen LogP contribution >= 0.6 is 12.4 Å². The van der Waals surface area contributed by atoms with Crippen molar-refractivity contribution in [3.63, 3.8) is 0 Å². The van der Waals surface area contributed by atoms with Gasteiger partial charge in [-0.05, 0) is 31.9 Å². The summed E-state index contributed by atoms with van der Waals surface area (Å²) in [5.41, 5.74) is 7.02. The number of ether oxygens (including phenoxy) is 1. The Kier molecular flexibility index (Phi) is 5.93. The Morgan fingerprint density at radius 2 is 2.11 bits per heavy atom. The number of nitrogens with zero attached hydrogens (tertiary/aromatic N) is 1. The molecule has 102 valence electrons. The molecule has 2 N–H and O–H groups in total. The van der Waals surface area contributed by atoms with Crippen molar-refractivity contribution in [2.24, 2.45) is 11.7 Å². The lowest BCUT2D eigenvalue weighted by Gasteiger charge is -2.22. The van der Waals surface area contributed by atoms with Crippen molar-refractivity contribution in [3.8, 4) is 5.75 Å². The molecule has 1 heterocycles. The molecule has 0 spiro atoms. The first-order valence-electron chi connectivity index (χ1n) is 6.30. The van der Waals surface area contributed by atoms with E-state index in [2.05, 4.69) is 24.0 Å². The lowest BCUT2D eigenvalue weighted by atomic mass is 10.1. The van der Waals surface area contributed by atoms with Gasteiger partial charge in [-0.3, -0.25) is 4.90 Å². The van der Waals surface area contributed by atoms with Gasteiger partial charge in [0.1, 0.15) is 5.75 Å². The second kappa shape index (κ2) is 6.98. The maximum Gasteiger partial charge on any atom is 0.123 e. The fourth-order valence-electron chi connectivity index (χ4n) is 2.66. The van der Waals surface area contributed by atoms with Crippen LogP contribution in [-0.2, 0) is 6.54 Å². The molecule has 1 aromatic carbocycles. The number of hydrogen-bond donors (Lipinski definition) is 1. The molecule has 0 saturated carbocycles. The summed E-state index contributed by atoms with van der Waals surface area (Å²) in [5, 5.41) is 0. The van der Waals surface area contributed by atoms with Crippen LogP contribution in [0.3, 0.4) is 0 Å². The fraction of sp³-hybridized carbons (Fsp3) is 0.571. The van der Waals surface area contributed by atoms with Crippen molar-refractivity contribution in [1.82, 2.24) is 4.90 Å². The zero-order valence-electron chi connectivity index (χ0n) is 11.1. The highest BCUT2D eigenvalue weighted by Crippen LogP contribution is 2.27. The van der Waals surface area contributed by atoms with Gasteiger partial charge in [0, 0.05) is 24.7 Å². The second-order valence-electron chi connectivity index (χ2n) is 4.93. The van der Waals surface area contributed by atoms with Gasteiger partial charge < -0.3 is 10.5 Å². The number of hydrogen-bond acceptors (Lipinski definition) is 3. The van der Waals surface area contributed by atoms with E-state index in [9.17, 15) is 0 Å². The highest BCUT2D eigenvalue weighted by atomic mass is 35.5. The van der Waals surface area contributed by atoms with E-state index in [-0.39, 0.29) is 12.4 Å². The van der Waals surface area contributed by atoms with Crippen LogP contribution in [0, 0.1) is 5.92 Å². The quantitative estimate of drug-likeness (QED) is 0.912. The van der Waals surface area contributed by atoms with Gasteiger partial charge in [0.05, 0.1) is 7.11 Å². The number of benzene rings is 1. The standard InChI is InChI=1S/C14H22N2O.ClH/c1-11-7-12(8-15)9-16(11)10-13-5-3-4-6-14(13)17-2;/h3-6,11-12H,7-10,15H2,1-2H3;1H. The molecule has 0 amide bonds. The Morgan fingerprint density at radius 3 is 2.72 bits per heavy atom. The Morgan fingerprint density at radius 1 is 1.39 bits per heavy atom. The minimum Gasteiger partial charge on any atom is -0.496 e. The summed E-state index contributed by atoms with van der Waals surface area (Å²) in [6.07, 6.45) is 1.21. The molecule has 0 bridgehead atoms. The summed E-state index contributed by atoms with van der Waals surface area (Å²) < 4.78 is 5.39. The van der Waals surface area contributed by atoms with Gasteiger partial charge in [0.15, 0.2) is 0 Å². The van der Waals surface area contributed by atoms with Crippen molar-refractivity contribution in [2.75, 3.05) is 20.2 Å². The van der Waals surface area contributed by atoms with Crippen LogP contribution in [0.15, 0.2) is 24.3 Å². The topological polar surface area (TPSA) is 38.5 Å². The van der Waals surface area contributed by atoms with Crippen molar-refractivity contribution in [3.05, 3.63) is 29.8 Å². The zero-order chi connectivity index (χ0) is 12.3. The van der Waals surface area contributed by atoms with Gasteiger partial charge in [-0.25, -0.2) is 0 Å². The molecule has 18 heavy (non-hydrogen) atoms. The van der Waals surface area contributed by atoms with Crippen molar-refractivity contribution in [1.29, 1.82) is 0 Å². The first kappa shape index (κ1) is 15.3. The van der Waals surface area contributed by atoms with Crippen LogP contribution in [-0.4, -0.2) is 31.1 Å². The maximum absolute atomic E-state index is 5.76. The van der Waals surface area contributed by atoms with Crippen LogP contribution in [0.4, 0.5) is 0 Å². The van der Waals surface area contributed by atoms with Gasteiger partial charge >= 0.3 is 0 Å². The molecule has 0 aliphatic carbocycles. The molecule has 3 nitrogen and oxygen atoms in total. The SMILES string of the molecule is COc1ccccc1CN1CC(CN)CC1C.Cl. The van der Waals surface area contributed by atoms with Gasteiger partial charge in [-0.2, -0.15) is 0 Å². The van der Waals surface area contributed by atoms with Crippen LogP contribution in [0.5, 0.6) is 5.75 Å². The number of halogens is 1. The van der Waals surface area contributed by atoms with E-state index in [4.69, 9.17) is 10.5 Å². The minimum atomic E-state index is 0. The summed E-state index contributed by atoms with van der Waals surface area (Å²) in [5.74, 6) is 1.63. The summed E-state index contributed by atoms with van der Waals surface area (Å²) in [6, 6.07) is 8.86. The Hall–Kier alpha value is -0.770. The first-order valence-corrected chi connectivity index (χ1v) is 6.30. The van der Waals surface area contributed by atoms with Crippen LogP contribution in [0.1, 0.15) is 18.9 Å². The van der Waals surface area contributed by atoms with Gasteiger partial charge in [-0.15, -0.1) is 12.4 Å². The Labute approximate surface area is 116 Å². The van der Waals surface area contributed by atoms with E-state index >= 15 is 0 Å². The van der Waals surface area contributed by atoms with E-state index in [1.54, 1.807) is 7.11 Å². The molecule has 0 radical (unpaired) electrons. The summed E-state index contributed by atoms with van der Waals surface area (Å²) in [4.78, 5) is 2.50. The smallest absolute Gasteiger partial charge is 0.123 e. The molecule has 1 fully saturated rings. The summed E-state index contributed by atoms with van der Waals surface area (Å²) >= 11 is 0. The highest BCUT2D eigenvalue weighted by Gasteiger charge is 2.28. The third-order valence-corrected chi connectivity index (χ3v) is 3.69. The van der Waals surface area contributed by atoms with Gasteiger partial charge in [0.2, 0.25) is 0 Å². The Balaban J connectivity index is 0.00000162. The number of nitrogens with two attached hydrogens (primary N) is 1. The van der Waals surface area contributed by atoms with E-state index in [0.29, 0.717) is 12.0 Å². The molecule has 1 aliphatic heterocycles. The average Bonchev–Trinajstić information content (AvgIpc) is 2.71. The van der Waals surface area contributed by atoms with Gasteiger partial charge in [0.25, 0.3) is 0 Å². The average molecular weight is 271 g/mol. The van der Waals surface area contributed by atoms with Crippen LogP contribution < -0.4 is 10.5 Å². The van der Waals surface area contributed by atoms with Crippen LogP contribution in [0.2, 0.25) is 0 Å². The predicted molar refractivity (Wildman–Crippen MR) is 77.3 cm³/mol. The molecule has 4 heteroatoms. The lowest BCUT2D eigenvalue weighted by Crippen LogP contribution is -2.27. The molecular weight excluding hydrogens is 248 g/mol. The number of para-hydroxylation sites is 1. The maximum atomic E-state index is 5.76. The van der Waals surface area contributed by atoms with E-state index in [1.807, 2.05) is 12.1 Å². The molecule has 0 aromatic heterocycles. The number of likely N-dealkylation sites (tertiary alicyclic amines) is 1. The largest absolute Gasteiger partial charge is 0.496 e. The normalized spacial score (nSPS) is 23.7. The molecule has 1 aliphatic rings. The number of methoxy groups -OCH3 is 1. The van der Waals surface area contributed by atoms with Gasteiger partial charge in [-0.1, -0.05) is 18.2 Å². The second-order valence-corrected chi connectivity index (χ2v) is 4.93. The van der Waals surface area contributed by atoms with Crippen LogP contribution in [0.25, 0.3) is 0 Å². The van der Waals surface area contributed by atoms with E-state index in [0.717, 1.165) is 25.4 Å². The monoisotopic (exact) mass is 270 g/mol. The summed E-state index contributed by atoms with van der Waals surface area (Å²) in [6.45, 7) is 5.15. The predicted octanol–water partition coefficient (Wildman–Crippen LogP) is 2.29. The minimum absolute atomic E-state index is 0. The third-order valence-electron chi connectivity index (χ3n) is 3.69. The summed E-state index contributed by atoms with van der Waals surface area (Å²) in [7, 11) is 1.73. The van der Waals surface area contributed by atoms with Crippen molar-refractivity contribution >= 4 is 12.4 Å². The van der Waals surface area contributed by atoms with E-state index in [1.165, 1.54) is 12.0 Å². The lowest BCUT2D eigenvalue weighted by molar-refractivity contribution is 0.251. The van der Waals surface area contributed by atoms with Crippen molar-refractivity contribution < 1.29 is 4.74 Å². The highest BCUT2D eigenvalue weighted by molar-refractivity contribution is 5.85. The first-order chi connectivity index (χ1) is 8.24. The Bertz CT molecular complexity index is 373. The number of rotatable bonds is 4. The van der Waals surface area contributed by atoms with E-state index < -0.39 is 0 Å². The third kappa shape index (κ3) is 3.37. The van der Waals surface area contributed by atoms with Crippen molar-refractivity contribution in [2.45, 2.75) is 25.9 Å². The fourth-order valence-corrected chi connectivity index (χ4v) is 2.66. The molecule has 1 saturated heterocycles. The zero-order valence-corrected chi connectivity index (χ0v) is 12.0. The molecule has 1 aromatic rings. The molecular formula is C14H23ClN2O. The molecule has 2 atom stereocenters. The molecule has 2 unspecified atom stereocenters.